The second-order valence-electron chi connectivity index (χ2n) is 7.85. The van der Waals surface area contributed by atoms with Crippen LogP contribution in [0.4, 0.5) is 0 Å². The highest BCUT2D eigenvalue weighted by molar-refractivity contribution is 5.77. The molecule has 2 fully saturated rings. The molecule has 5 heteroatoms. The molecule has 2 aliphatic rings. The Hall–Kier alpha value is -2.09. The number of nitrogens with one attached hydrogen (secondary N) is 1. The first-order valence-electron chi connectivity index (χ1n) is 9.96. The van der Waals surface area contributed by atoms with E-state index in [1.165, 1.54) is 25.7 Å². The number of carbonyl (C=O) groups is 1. The molecule has 0 saturated heterocycles. The molecule has 0 aliphatic heterocycles. The third kappa shape index (κ3) is 3.70. The molecule has 5 nitrogen and oxygen atoms in total. The van der Waals surface area contributed by atoms with Gasteiger partial charge in [0.25, 0.3) is 5.56 Å². The second-order valence-corrected chi connectivity index (χ2v) is 7.85. The summed E-state index contributed by atoms with van der Waals surface area (Å²) in [4.78, 5) is 30.0. The molecule has 26 heavy (non-hydrogen) atoms. The molecule has 0 unspecified atom stereocenters. The molecule has 1 amide bonds. The van der Waals surface area contributed by atoms with Crippen molar-refractivity contribution in [2.75, 3.05) is 0 Å². The average Bonchev–Trinajstić information content (AvgIpc) is 3.29. The normalized spacial score (nSPS) is 18.2. The van der Waals surface area contributed by atoms with E-state index in [1.807, 2.05) is 19.9 Å². The maximum atomic E-state index is 13.1. The number of pyridine rings is 1. The van der Waals surface area contributed by atoms with Crippen LogP contribution < -0.4 is 5.56 Å². The Morgan fingerprint density at radius 1 is 1.12 bits per heavy atom. The maximum absolute atomic E-state index is 13.1. The molecule has 2 aliphatic carbocycles. The van der Waals surface area contributed by atoms with Crippen LogP contribution in [0.15, 0.2) is 4.79 Å². The van der Waals surface area contributed by atoms with Gasteiger partial charge in [0.05, 0.1) is 0 Å². The van der Waals surface area contributed by atoms with Gasteiger partial charge in [-0.1, -0.05) is 25.7 Å². The van der Waals surface area contributed by atoms with Gasteiger partial charge in [-0.15, -0.1) is 0 Å². The highest BCUT2D eigenvalue weighted by atomic mass is 16.2. The minimum Gasteiger partial charge on any atom is -0.337 e. The number of nitrogens with zero attached hydrogens (tertiary/aromatic N) is 2. The van der Waals surface area contributed by atoms with Crippen molar-refractivity contribution in [3.8, 4) is 6.07 Å². The lowest BCUT2D eigenvalue weighted by atomic mass is 9.98. The van der Waals surface area contributed by atoms with Crippen molar-refractivity contribution in [1.82, 2.24) is 9.88 Å². The summed E-state index contributed by atoms with van der Waals surface area (Å²) in [5, 5.41) is 9.22. The number of aryl methyl sites for hydroxylation is 1. The molecule has 1 heterocycles. The zero-order valence-corrected chi connectivity index (χ0v) is 15.9. The minimum atomic E-state index is -0.337. The molecule has 2 saturated carbocycles. The van der Waals surface area contributed by atoms with Crippen molar-refractivity contribution in [3.63, 3.8) is 0 Å². The fourth-order valence-corrected chi connectivity index (χ4v) is 4.85. The molecule has 3 rings (SSSR count). The Balaban J connectivity index is 1.76. The van der Waals surface area contributed by atoms with Crippen LogP contribution in [0.3, 0.4) is 0 Å². The first-order chi connectivity index (χ1) is 12.5. The van der Waals surface area contributed by atoms with E-state index in [9.17, 15) is 14.9 Å². The summed E-state index contributed by atoms with van der Waals surface area (Å²) in [6.07, 6.45) is 10.5. The molecule has 0 radical (unpaired) electrons. The third-order valence-electron chi connectivity index (χ3n) is 6.23. The van der Waals surface area contributed by atoms with Gasteiger partial charge >= 0.3 is 0 Å². The fourth-order valence-electron chi connectivity index (χ4n) is 4.85. The van der Waals surface area contributed by atoms with Gasteiger partial charge in [-0.25, -0.2) is 0 Å². The van der Waals surface area contributed by atoms with Gasteiger partial charge in [0.2, 0.25) is 5.91 Å². The van der Waals surface area contributed by atoms with Crippen molar-refractivity contribution < 1.29 is 4.79 Å². The predicted octanol–water partition coefficient (Wildman–Crippen LogP) is 3.51. The Morgan fingerprint density at radius 2 is 1.65 bits per heavy atom. The van der Waals surface area contributed by atoms with E-state index in [-0.39, 0.29) is 17.0 Å². The molecule has 0 aromatic carbocycles. The van der Waals surface area contributed by atoms with E-state index in [0.717, 1.165) is 42.5 Å². The SMILES string of the molecule is Cc1[nH]c(=O)c(C#N)c(C)c1CCC(=O)N(C1CCCC1)C1CCCC1. The smallest absolute Gasteiger partial charge is 0.266 e. The van der Waals surface area contributed by atoms with Gasteiger partial charge in [0, 0.05) is 24.2 Å². The Bertz CT molecular complexity index is 747. The van der Waals surface area contributed by atoms with Gasteiger partial charge < -0.3 is 9.88 Å². The molecular weight excluding hydrogens is 326 g/mol. The number of nitriles is 1. The van der Waals surface area contributed by atoms with E-state index in [1.54, 1.807) is 0 Å². The number of carbonyl (C=O) groups excluding carboxylic acids is 1. The van der Waals surface area contributed by atoms with Gasteiger partial charge in [0.1, 0.15) is 11.6 Å². The van der Waals surface area contributed by atoms with E-state index < -0.39 is 0 Å². The van der Waals surface area contributed by atoms with Crippen molar-refractivity contribution in [2.24, 2.45) is 0 Å². The summed E-state index contributed by atoms with van der Waals surface area (Å²) in [6, 6.07) is 2.82. The van der Waals surface area contributed by atoms with Crippen molar-refractivity contribution in [1.29, 1.82) is 5.26 Å². The van der Waals surface area contributed by atoms with Gasteiger partial charge in [-0.3, -0.25) is 9.59 Å². The molecule has 0 bridgehead atoms. The Morgan fingerprint density at radius 3 is 2.15 bits per heavy atom. The molecule has 0 atom stereocenters. The highest BCUT2D eigenvalue weighted by Crippen LogP contribution is 2.32. The first-order valence-corrected chi connectivity index (χ1v) is 9.96. The number of H-pyrrole nitrogens is 1. The van der Waals surface area contributed by atoms with Gasteiger partial charge in [0.15, 0.2) is 0 Å². The molecule has 140 valence electrons. The van der Waals surface area contributed by atoms with E-state index in [0.29, 0.717) is 24.9 Å². The summed E-state index contributed by atoms with van der Waals surface area (Å²) in [6.45, 7) is 3.66. The van der Waals surface area contributed by atoms with Crippen LogP contribution >= 0.6 is 0 Å². The molecular formula is C21H29N3O2. The number of aromatic amines is 1. The van der Waals surface area contributed by atoms with Crippen LogP contribution in [0.2, 0.25) is 0 Å². The van der Waals surface area contributed by atoms with Gasteiger partial charge in [-0.05, 0) is 57.1 Å². The Labute approximate surface area is 155 Å². The standard InChI is InChI=1S/C21H29N3O2/c1-14-18(15(2)23-21(26)19(14)13-22)11-12-20(25)24(16-7-3-4-8-16)17-9-5-6-10-17/h16-17H,3-12H2,1-2H3,(H,23,26). The molecule has 1 aromatic rings. The van der Waals surface area contributed by atoms with Crippen LogP contribution in [0, 0.1) is 25.2 Å². The molecule has 1 aromatic heterocycles. The van der Waals surface area contributed by atoms with E-state index in [2.05, 4.69) is 9.88 Å². The minimum absolute atomic E-state index is 0.168. The summed E-state index contributed by atoms with van der Waals surface area (Å²) >= 11 is 0. The lowest BCUT2D eigenvalue weighted by Gasteiger charge is -2.35. The summed E-state index contributed by atoms with van der Waals surface area (Å²) in [7, 11) is 0. The Kier molecular flexibility index (Phi) is 5.80. The highest BCUT2D eigenvalue weighted by Gasteiger charge is 2.33. The topological polar surface area (TPSA) is 77.0 Å². The largest absolute Gasteiger partial charge is 0.337 e. The number of rotatable bonds is 5. The fraction of sp³-hybridized carbons (Fsp3) is 0.667. The monoisotopic (exact) mass is 355 g/mol. The molecule has 0 spiro atoms. The lowest BCUT2D eigenvalue weighted by molar-refractivity contribution is -0.136. The number of hydrogen-bond acceptors (Lipinski definition) is 3. The number of amides is 1. The zero-order chi connectivity index (χ0) is 18.7. The van der Waals surface area contributed by atoms with E-state index >= 15 is 0 Å². The second kappa shape index (κ2) is 8.07. The van der Waals surface area contributed by atoms with Crippen LogP contribution in [-0.2, 0) is 11.2 Å². The van der Waals surface area contributed by atoms with E-state index in [4.69, 9.17) is 0 Å². The quantitative estimate of drug-likeness (QED) is 0.878. The summed E-state index contributed by atoms with van der Waals surface area (Å²) < 4.78 is 0. The van der Waals surface area contributed by atoms with Crippen LogP contribution in [0.25, 0.3) is 0 Å². The lowest BCUT2D eigenvalue weighted by Crippen LogP contribution is -2.45. The maximum Gasteiger partial charge on any atom is 0.266 e. The van der Waals surface area contributed by atoms with Gasteiger partial charge in [-0.2, -0.15) is 5.26 Å². The van der Waals surface area contributed by atoms with Crippen molar-refractivity contribution >= 4 is 5.91 Å². The third-order valence-corrected chi connectivity index (χ3v) is 6.23. The number of hydrogen-bond donors (Lipinski definition) is 1. The number of aromatic nitrogens is 1. The van der Waals surface area contributed by atoms with Crippen molar-refractivity contribution in [3.05, 3.63) is 32.7 Å². The van der Waals surface area contributed by atoms with Crippen LogP contribution in [0.5, 0.6) is 0 Å². The van der Waals surface area contributed by atoms with Crippen LogP contribution in [-0.4, -0.2) is 27.9 Å². The summed E-state index contributed by atoms with van der Waals surface area (Å²) in [5.74, 6) is 0.243. The predicted molar refractivity (Wildman–Crippen MR) is 101 cm³/mol. The summed E-state index contributed by atoms with van der Waals surface area (Å²) in [5.41, 5.74) is 2.26. The first kappa shape index (κ1) is 18.7. The van der Waals surface area contributed by atoms with Crippen molar-refractivity contribution in [2.45, 2.75) is 90.1 Å². The molecule has 1 N–H and O–H groups in total. The van der Waals surface area contributed by atoms with Crippen LogP contribution in [0.1, 0.15) is 80.2 Å². The zero-order valence-electron chi connectivity index (χ0n) is 15.9. The average molecular weight is 355 g/mol.